The van der Waals surface area contributed by atoms with Gasteiger partial charge in [0.05, 0.1) is 0 Å². The third-order valence-electron chi connectivity index (χ3n) is 2.85. The molecule has 0 heterocycles. The van der Waals surface area contributed by atoms with Gasteiger partial charge in [-0.15, -0.1) is 0 Å². The van der Waals surface area contributed by atoms with E-state index in [1.165, 1.54) is 29.7 Å². The molecule has 0 aromatic rings. The van der Waals surface area contributed by atoms with Crippen molar-refractivity contribution in [2.75, 3.05) is 7.05 Å². The molecule has 0 bridgehead atoms. The average molecular weight is 221 g/mol. The van der Waals surface area contributed by atoms with Crippen LogP contribution >= 0.6 is 0 Å². The van der Waals surface area contributed by atoms with Gasteiger partial charge >= 0.3 is 0 Å². The van der Waals surface area contributed by atoms with Crippen LogP contribution < -0.4 is 0 Å². The third kappa shape index (κ3) is 8.46. The van der Waals surface area contributed by atoms with Gasteiger partial charge in [0, 0.05) is 12.8 Å². The van der Waals surface area contributed by atoms with Crippen LogP contribution in [-0.2, 0) is 0 Å². The molecular weight excluding hydrogens is 194 g/mol. The zero-order valence-electron chi connectivity index (χ0n) is 11.6. The zero-order chi connectivity index (χ0) is 12.4. The van der Waals surface area contributed by atoms with Gasteiger partial charge in [-0.1, -0.05) is 30.2 Å². The molecule has 0 rings (SSSR count). The molecule has 16 heavy (non-hydrogen) atoms. The van der Waals surface area contributed by atoms with Gasteiger partial charge in [0.15, 0.2) is 0 Å². The summed E-state index contributed by atoms with van der Waals surface area (Å²) in [5.74, 6) is 0. The average Bonchev–Trinajstić information content (AvgIpc) is 2.26. The molecule has 92 valence electrons. The van der Waals surface area contributed by atoms with Crippen LogP contribution in [0.4, 0.5) is 0 Å². The van der Waals surface area contributed by atoms with E-state index in [2.05, 4.69) is 44.8 Å². The van der Waals surface area contributed by atoms with Crippen LogP contribution in [0.1, 0.15) is 59.8 Å². The van der Waals surface area contributed by atoms with Crippen molar-refractivity contribution in [1.29, 1.82) is 0 Å². The molecular formula is C15H27N. The molecule has 0 aliphatic rings. The van der Waals surface area contributed by atoms with Crippen molar-refractivity contribution in [3.8, 4) is 0 Å². The largest absolute Gasteiger partial charge is 0.298 e. The molecule has 0 spiro atoms. The summed E-state index contributed by atoms with van der Waals surface area (Å²) in [6.07, 6.45) is 10.5. The second kappa shape index (κ2) is 9.38. The summed E-state index contributed by atoms with van der Waals surface area (Å²) in [6, 6.07) is 0. The van der Waals surface area contributed by atoms with Gasteiger partial charge in [0.1, 0.15) is 0 Å². The molecule has 0 unspecified atom stereocenters. The van der Waals surface area contributed by atoms with Crippen LogP contribution in [0.25, 0.3) is 0 Å². The summed E-state index contributed by atoms with van der Waals surface area (Å²) >= 11 is 0. The van der Waals surface area contributed by atoms with Gasteiger partial charge in [-0.2, -0.15) is 0 Å². The fourth-order valence-corrected chi connectivity index (χ4v) is 1.59. The first-order valence-electron chi connectivity index (χ1n) is 6.33. The Morgan fingerprint density at radius 1 is 0.938 bits per heavy atom. The molecule has 1 heteroatoms. The van der Waals surface area contributed by atoms with Crippen molar-refractivity contribution in [1.82, 2.24) is 0 Å². The summed E-state index contributed by atoms with van der Waals surface area (Å²) in [5, 5.41) is 0. The Hall–Kier alpha value is -0.850. The third-order valence-corrected chi connectivity index (χ3v) is 2.85. The maximum atomic E-state index is 4.17. The first kappa shape index (κ1) is 15.2. The summed E-state index contributed by atoms with van der Waals surface area (Å²) in [7, 11) is 1.87. The van der Waals surface area contributed by atoms with Crippen molar-refractivity contribution < 1.29 is 0 Å². The number of hydrogen-bond acceptors (Lipinski definition) is 1. The van der Waals surface area contributed by atoms with E-state index >= 15 is 0 Å². The molecule has 0 aliphatic carbocycles. The van der Waals surface area contributed by atoms with Gasteiger partial charge in [-0.3, -0.25) is 4.99 Å². The maximum Gasteiger partial charge on any atom is 0.0276 e. The van der Waals surface area contributed by atoms with E-state index in [1.54, 1.807) is 0 Å². The standard InChI is InChI=1S/C15H27N/c1-6-8-13(2)9-7-10-14(3)11-12-15(4)16-5/h8,10H,6-7,9,11-12H2,1-5H3/b13-8+,14-10+,16-15+. The van der Waals surface area contributed by atoms with Crippen LogP contribution in [0.15, 0.2) is 28.3 Å². The van der Waals surface area contributed by atoms with Crippen LogP contribution in [-0.4, -0.2) is 12.8 Å². The highest BCUT2D eigenvalue weighted by Gasteiger charge is 1.94. The monoisotopic (exact) mass is 221 g/mol. The summed E-state index contributed by atoms with van der Waals surface area (Å²) in [6.45, 7) is 8.74. The number of nitrogens with zero attached hydrogens (tertiary/aromatic N) is 1. The van der Waals surface area contributed by atoms with Crippen molar-refractivity contribution in [3.63, 3.8) is 0 Å². The van der Waals surface area contributed by atoms with Gasteiger partial charge in [-0.05, 0) is 52.9 Å². The second-order valence-electron chi connectivity index (χ2n) is 4.51. The Balaban J connectivity index is 3.83. The Bertz CT molecular complexity index is 269. The van der Waals surface area contributed by atoms with E-state index in [1.807, 2.05) is 7.05 Å². The van der Waals surface area contributed by atoms with Crippen LogP contribution in [0, 0.1) is 0 Å². The fourth-order valence-electron chi connectivity index (χ4n) is 1.59. The number of rotatable bonds is 7. The van der Waals surface area contributed by atoms with Gasteiger partial charge < -0.3 is 0 Å². The smallest absolute Gasteiger partial charge is 0.0276 e. The van der Waals surface area contributed by atoms with E-state index in [0.717, 1.165) is 19.3 Å². The minimum atomic E-state index is 1.10. The molecule has 0 saturated heterocycles. The molecule has 0 N–H and O–H groups in total. The topological polar surface area (TPSA) is 12.4 Å². The predicted molar refractivity (Wildman–Crippen MR) is 75.3 cm³/mol. The Morgan fingerprint density at radius 2 is 1.56 bits per heavy atom. The molecule has 1 nitrogen and oxygen atoms in total. The van der Waals surface area contributed by atoms with Crippen molar-refractivity contribution in [2.45, 2.75) is 59.8 Å². The minimum absolute atomic E-state index is 1.10. The van der Waals surface area contributed by atoms with E-state index in [4.69, 9.17) is 0 Å². The Morgan fingerprint density at radius 3 is 2.12 bits per heavy atom. The molecule has 0 fully saturated rings. The number of allylic oxidation sites excluding steroid dienone is 4. The summed E-state index contributed by atoms with van der Waals surface area (Å²) in [4.78, 5) is 4.17. The summed E-state index contributed by atoms with van der Waals surface area (Å²) < 4.78 is 0. The van der Waals surface area contributed by atoms with Gasteiger partial charge in [0.25, 0.3) is 0 Å². The highest BCUT2D eigenvalue weighted by molar-refractivity contribution is 5.81. The van der Waals surface area contributed by atoms with E-state index in [0.29, 0.717) is 0 Å². The number of aliphatic imine (C=N–C) groups is 1. The molecule has 0 radical (unpaired) electrons. The lowest BCUT2D eigenvalue weighted by Crippen LogP contribution is -1.91. The van der Waals surface area contributed by atoms with Gasteiger partial charge in [-0.25, -0.2) is 0 Å². The van der Waals surface area contributed by atoms with E-state index in [-0.39, 0.29) is 0 Å². The van der Waals surface area contributed by atoms with Gasteiger partial charge in [0.2, 0.25) is 0 Å². The molecule has 0 aromatic heterocycles. The normalized spacial score (nSPS) is 14.4. The Kier molecular flexibility index (Phi) is 8.88. The predicted octanol–water partition coefficient (Wildman–Crippen LogP) is 4.94. The van der Waals surface area contributed by atoms with Crippen molar-refractivity contribution >= 4 is 5.71 Å². The van der Waals surface area contributed by atoms with Crippen LogP contribution in [0.2, 0.25) is 0 Å². The van der Waals surface area contributed by atoms with Crippen molar-refractivity contribution in [3.05, 3.63) is 23.3 Å². The quantitative estimate of drug-likeness (QED) is 0.426. The molecule has 0 amide bonds. The molecule has 0 aliphatic heterocycles. The Labute approximate surface area is 101 Å². The highest BCUT2D eigenvalue weighted by Crippen LogP contribution is 2.10. The van der Waals surface area contributed by atoms with E-state index in [9.17, 15) is 0 Å². The fraction of sp³-hybridized carbons (Fsp3) is 0.667. The van der Waals surface area contributed by atoms with Crippen LogP contribution in [0.3, 0.4) is 0 Å². The molecule has 0 aromatic carbocycles. The first-order chi connectivity index (χ1) is 7.60. The lowest BCUT2D eigenvalue weighted by Gasteiger charge is -2.02. The SMILES string of the molecule is CC/C=C(\C)CC/C=C(\C)CC/C(C)=N/C. The maximum absolute atomic E-state index is 4.17. The lowest BCUT2D eigenvalue weighted by atomic mass is 10.1. The van der Waals surface area contributed by atoms with Crippen molar-refractivity contribution in [2.24, 2.45) is 4.99 Å². The second-order valence-corrected chi connectivity index (χ2v) is 4.51. The highest BCUT2D eigenvalue weighted by atomic mass is 14.7. The zero-order valence-corrected chi connectivity index (χ0v) is 11.6. The lowest BCUT2D eigenvalue weighted by molar-refractivity contribution is 0.924. The van der Waals surface area contributed by atoms with Crippen LogP contribution in [0.5, 0.6) is 0 Å². The van der Waals surface area contributed by atoms with E-state index < -0.39 is 0 Å². The molecule has 0 atom stereocenters. The first-order valence-corrected chi connectivity index (χ1v) is 6.33. The summed E-state index contributed by atoms with van der Waals surface area (Å²) in [5.41, 5.74) is 4.25. The number of hydrogen-bond donors (Lipinski definition) is 0. The minimum Gasteiger partial charge on any atom is -0.298 e. The molecule has 0 saturated carbocycles.